The highest BCUT2D eigenvalue weighted by Gasteiger charge is 2.38. The number of alkyl halides is 3. The fourth-order valence-corrected chi connectivity index (χ4v) is 1.91. The second kappa shape index (κ2) is 5.47. The first kappa shape index (κ1) is 15.5. The minimum atomic E-state index is -4.63. The molecule has 2 aromatic heterocycles. The molecular formula is C12H16F3N5O. The highest BCUT2D eigenvalue weighted by Crippen LogP contribution is 2.29. The fraction of sp³-hybridized carbons (Fsp3) is 0.583. The van der Waals surface area contributed by atoms with Crippen molar-refractivity contribution in [1.82, 2.24) is 19.8 Å². The van der Waals surface area contributed by atoms with Gasteiger partial charge in [0.25, 0.3) is 5.82 Å². The monoisotopic (exact) mass is 303 g/mol. The minimum Gasteiger partial charge on any atom is -0.394 e. The van der Waals surface area contributed by atoms with Crippen molar-refractivity contribution in [2.45, 2.75) is 39.4 Å². The topological polar surface area (TPSA) is 75.3 Å². The van der Waals surface area contributed by atoms with Crippen LogP contribution in [0.25, 0.3) is 5.65 Å². The number of halogens is 3. The molecule has 2 aromatic rings. The van der Waals surface area contributed by atoms with Crippen LogP contribution in [-0.4, -0.2) is 37.6 Å². The van der Waals surface area contributed by atoms with Crippen LogP contribution in [0.4, 0.5) is 19.0 Å². The van der Waals surface area contributed by atoms with Crippen LogP contribution in [0.2, 0.25) is 0 Å². The van der Waals surface area contributed by atoms with Gasteiger partial charge in [-0.25, -0.2) is 0 Å². The van der Waals surface area contributed by atoms with Gasteiger partial charge in [0.05, 0.1) is 12.6 Å². The van der Waals surface area contributed by atoms with Crippen molar-refractivity contribution in [2.24, 2.45) is 0 Å². The van der Waals surface area contributed by atoms with Crippen molar-refractivity contribution in [1.29, 1.82) is 0 Å². The Labute approximate surface area is 119 Å². The predicted octanol–water partition coefficient (Wildman–Crippen LogP) is 1.94. The summed E-state index contributed by atoms with van der Waals surface area (Å²) in [6.45, 7) is 5.11. The lowest BCUT2D eigenvalue weighted by Gasteiger charge is -2.18. The van der Waals surface area contributed by atoms with Crippen LogP contribution in [-0.2, 0) is 6.18 Å². The summed E-state index contributed by atoms with van der Waals surface area (Å²) in [5.74, 6) is -0.883. The van der Waals surface area contributed by atoms with Gasteiger partial charge in [-0.15, -0.1) is 15.3 Å². The maximum Gasteiger partial charge on any atom is 0.453 e. The molecule has 0 saturated heterocycles. The first-order chi connectivity index (χ1) is 9.79. The number of aliphatic hydroxyl groups is 1. The number of anilines is 1. The normalized spacial score (nSPS) is 13.7. The molecule has 9 heteroatoms. The summed E-state index contributed by atoms with van der Waals surface area (Å²) >= 11 is 0. The van der Waals surface area contributed by atoms with Gasteiger partial charge in [0, 0.05) is 5.56 Å². The van der Waals surface area contributed by atoms with Crippen LogP contribution >= 0.6 is 0 Å². The fourth-order valence-electron chi connectivity index (χ4n) is 1.91. The summed E-state index contributed by atoms with van der Waals surface area (Å²) in [6.07, 6.45) is -4.02. The van der Waals surface area contributed by atoms with Gasteiger partial charge in [0.1, 0.15) is 0 Å². The van der Waals surface area contributed by atoms with E-state index in [0.717, 1.165) is 0 Å². The Kier molecular flexibility index (Phi) is 4.04. The number of nitrogens with zero attached hydrogens (tertiary/aromatic N) is 4. The van der Waals surface area contributed by atoms with Crippen molar-refractivity contribution >= 4 is 11.5 Å². The quantitative estimate of drug-likeness (QED) is 0.903. The lowest BCUT2D eigenvalue weighted by Crippen LogP contribution is -2.25. The van der Waals surface area contributed by atoms with Crippen LogP contribution in [0.15, 0.2) is 0 Å². The van der Waals surface area contributed by atoms with Gasteiger partial charge in [-0.05, 0) is 25.8 Å². The number of aryl methyl sites for hydroxylation is 1. The lowest BCUT2D eigenvalue weighted by molar-refractivity contribution is -0.146. The van der Waals surface area contributed by atoms with Crippen LogP contribution in [0.1, 0.15) is 30.3 Å². The van der Waals surface area contributed by atoms with Crippen LogP contribution < -0.4 is 5.32 Å². The number of hydrogen-bond acceptors (Lipinski definition) is 5. The number of aromatic nitrogens is 4. The summed E-state index contributed by atoms with van der Waals surface area (Å²) in [6, 6.07) is -0.279. The molecule has 1 atom stereocenters. The third-order valence-electron chi connectivity index (χ3n) is 3.40. The number of aliphatic hydroxyl groups excluding tert-OH is 1. The van der Waals surface area contributed by atoms with Gasteiger partial charge >= 0.3 is 6.18 Å². The van der Waals surface area contributed by atoms with E-state index in [2.05, 4.69) is 20.6 Å². The molecule has 116 valence electrons. The van der Waals surface area contributed by atoms with E-state index >= 15 is 0 Å². The zero-order valence-corrected chi connectivity index (χ0v) is 11.9. The molecule has 0 bridgehead atoms. The number of hydrogen-bond donors (Lipinski definition) is 2. The maximum atomic E-state index is 12.9. The maximum absolute atomic E-state index is 12.9. The molecule has 0 aliphatic heterocycles. The Bertz CT molecular complexity index is 648. The number of fused-ring (bicyclic) bond motifs is 1. The standard InChI is InChI=1S/C12H16F3N5O/c1-4-8(5-21)16-9-6(2)7(3)10-17-18-11(12(13,14)15)20(10)19-9/h8,21H,4-5H2,1-3H3,(H,16,19)/t8-/m1/s1. The summed E-state index contributed by atoms with van der Waals surface area (Å²) in [5, 5.41) is 22.8. The highest BCUT2D eigenvalue weighted by molar-refractivity contribution is 5.58. The van der Waals surface area contributed by atoms with Crippen molar-refractivity contribution in [3.05, 3.63) is 17.0 Å². The zero-order valence-electron chi connectivity index (χ0n) is 11.9. The molecule has 6 nitrogen and oxygen atoms in total. The Morgan fingerprint density at radius 3 is 2.43 bits per heavy atom. The largest absolute Gasteiger partial charge is 0.453 e. The molecule has 2 rings (SSSR count). The summed E-state index contributed by atoms with van der Waals surface area (Å²) in [7, 11) is 0. The Balaban J connectivity index is 2.59. The Morgan fingerprint density at radius 2 is 1.90 bits per heavy atom. The molecule has 2 N–H and O–H groups in total. The van der Waals surface area contributed by atoms with Gasteiger partial charge in [0.15, 0.2) is 11.5 Å². The molecule has 0 radical (unpaired) electrons. The predicted molar refractivity (Wildman–Crippen MR) is 70.0 cm³/mol. The molecule has 0 saturated carbocycles. The average molecular weight is 303 g/mol. The van der Waals surface area contributed by atoms with Crippen LogP contribution in [0.3, 0.4) is 0 Å². The second-order valence-corrected chi connectivity index (χ2v) is 4.79. The molecule has 0 aromatic carbocycles. The molecule has 0 spiro atoms. The van der Waals surface area contributed by atoms with Crippen molar-refractivity contribution in [2.75, 3.05) is 11.9 Å². The minimum absolute atomic E-state index is 0.0717. The summed E-state index contributed by atoms with van der Waals surface area (Å²) in [4.78, 5) is 0. The van der Waals surface area contributed by atoms with Gasteiger partial charge in [-0.2, -0.15) is 17.7 Å². The zero-order chi connectivity index (χ0) is 15.8. The van der Waals surface area contributed by atoms with Gasteiger partial charge in [0.2, 0.25) is 0 Å². The van der Waals surface area contributed by atoms with Gasteiger partial charge in [-0.1, -0.05) is 6.92 Å². The van der Waals surface area contributed by atoms with E-state index in [1.807, 2.05) is 6.92 Å². The van der Waals surface area contributed by atoms with E-state index in [0.29, 0.717) is 22.1 Å². The van der Waals surface area contributed by atoms with Gasteiger partial charge < -0.3 is 10.4 Å². The molecule has 0 aliphatic carbocycles. The third-order valence-corrected chi connectivity index (χ3v) is 3.40. The van der Waals surface area contributed by atoms with Crippen LogP contribution in [0, 0.1) is 13.8 Å². The number of rotatable bonds is 4. The summed E-state index contributed by atoms with van der Waals surface area (Å²) < 4.78 is 39.3. The molecule has 21 heavy (non-hydrogen) atoms. The second-order valence-electron chi connectivity index (χ2n) is 4.79. The van der Waals surface area contributed by atoms with E-state index in [1.165, 1.54) is 0 Å². The van der Waals surface area contributed by atoms with E-state index in [-0.39, 0.29) is 24.1 Å². The molecular weight excluding hydrogens is 287 g/mol. The highest BCUT2D eigenvalue weighted by atomic mass is 19.4. The lowest BCUT2D eigenvalue weighted by atomic mass is 10.1. The molecule has 0 unspecified atom stereocenters. The Morgan fingerprint density at radius 1 is 1.24 bits per heavy atom. The molecule has 0 fully saturated rings. The van der Waals surface area contributed by atoms with E-state index in [4.69, 9.17) is 0 Å². The van der Waals surface area contributed by atoms with Crippen molar-refractivity contribution in [3.8, 4) is 0 Å². The average Bonchev–Trinajstić information content (AvgIpc) is 2.85. The smallest absolute Gasteiger partial charge is 0.394 e. The number of nitrogens with one attached hydrogen (secondary N) is 1. The van der Waals surface area contributed by atoms with Crippen molar-refractivity contribution in [3.63, 3.8) is 0 Å². The Hall–Kier alpha value is -1.90. The van der Waals surface area contributed by atoms with Crippen molar-refractivity contribution < 1.29 is 18.3 Å². The molecule has 0 aliphatic rings. The molecule has 2 heterocycles. The van der Waals surface area contributed by atoms with E-state index in [9.17, 15) is 18.3 Å². The first-order valence-electron chi connectivity index (χ1n) is 6.46. The third kappa shape index (κ3) is 2.78. The van der Waals surface area contributed by atoms with E-state index < -0.39 is 12.0 Å². The van der Waals surface area contributed by atoms with E-state index in [1.54, 1.807) is 13.8 Å². The first-order valence-corrected chi connectivity index (χ1v) is 6.46. The van der Waals surface area contributed by atoms with Gasteiger partial charge in [-0.3, -0.25) is 0 Å². The summed E-state index contributed by atoms with van der Waals surface area (Å²) in [5.41, 5.74) is 1.31. The molecule has 0 amide bonds. The van der Waals surface area contributed by atoms with Crippen LogP contribution in [0.5, 0.6) is 0 Å². The SMILES string of the molecule is CC[C@H](CO)Nc1nn2c(C(F)(F)F)nnc2c(C)c1C.